The van der Waals surface area contributed by atoms with Gasteiger partial charge in [-0.2, -0.15) is 14.8 Å². The number of nitrogens with one attached hydrogen (secondary N) is 1. The SMILES string of the molecule is COc1ccc(CN(Cc2ccc(OC)cc2)c2cc(C#N)c(NCc3ncccc3C)c(-c3cc4nc(N)nn4c(N(Cc4ccc(OC)cc4)Cc4ccc(OC)cc4)n3)c2)cc1. The van der Waals surface area contributed by atoms with E-state index >= 15 is 0 Å². The summed E-state index contributed by atoms with van der Waals surface area (Å²) < 4.78 is 23.6. The van der Waals surface area contributed by atoms with Crippen molar-refractivity contribution in [2.45, 2.75) is 39.6 Å². The highest BCUT2D eigenvalue weighted by atomic mass is 16.5. The van der Waals surface area contributed by atoms with Crippen molar-refractivity contribution in [3.8, 4) is 40.3 Å². The van der Waals surface area contributed by atoms with Crippen molar-refractivity contribution in [2.75, 3.05) is 49.3 Å². The van der Waals surface area contributed by atoms with Crippen molar-refractivity contribution in [1.82, 2.24) is 24.6 Å². The molecule has 8 rings (SSSR count). The average Bonchev–Trinajstić information content (AvgIpc) is 3.73. The Morgan fingerprint density at radius 3 is 1.60 bits per heavy atom. The van der Waals surface area contributed by atoms with Gasteiger partial charge in [-0.15, -0.1) is 5.10 Å². The molecule has 0 bridgehead atoms. The lowest BCUT2D eigenvalue weighted by molar-refractivity contribution is 0.414. The number of methoxy groups -OCH3 is 4. The molecule has 0 radical (unpaired) electrons. The molecule has 0 spiro atoms. The topological polar surface area (TPSA) is 161 Å². The summed E-state index contributed by atoms with van der Waals surface area (Å²) in [4.78, 5) is 19.1. The zero-order chi connectivity index (χ0) is 45.3. The average molecular weight is 867 g/mol. The van der Waals surface area contributed by atoms with Gasteiger partial charge in [-0.1, -0.05) is 54.6 Å². The number of nitrogen functional groups attached to an aromatic ring is 1. The maximum absolute atomic E-state index is 11.0. The molecular weight excluding hydrogens is 817 g/mol. The smallest absolute Gasteiger partial charge is 0.240 e. The first-order valence-electron chi connectivity index (χ1n) is 21.0. The van der Waals surface area contributed by atoms with E-state index in [0.717, 1.165) is 62.2 Å². The van der Waals surface area contributed by atoms with Crippen LogP contribution in [0, 0.1) is 18.3 Å². The molecule has 8 aromatic rings. The zero-order valence-corrected chi connectivity index (χ0v) is 37.0. The molecule has 0 atom stereocenters. The Morgan fingerprint density at radius 1 is 0.646 bits per heavy atom. The molecule has 0 unspecified atom stereocenters. The number of rotatable bonds is 18. The molecular formula is C51H50N10O4. The fourth-order valence-electron chi connectivity index (χ4n) is 7.64. The van der Waals surface area contributed by atoms with E-state index < -0.39 is 0 Å². The van der Waals surface area contributed by atoms with Crippen LogP contribution in [0.3, 0.4) is 0 Å². The highest BCUT2D eigenvalue weighted by Gasteiger charge is 2.23. The summed E-state index contributed by atoms with van der Waals surface area (Å²) in [6.45, 7) is 4.33. The molecule has 0 saturated heterocycles. The van der Waals surface area contributed by atoms with Crippen LogP contribution < -0.4 is 39.8 Å². The third-order valence-corrected chi connectivity index (χ3v) is 11.2. The summed E-state index contributed by atoms with van der Waals surface area (Å²) in [7, 11) is 6.61. The van der Waals surface area contributed by atoms with Crippen molar-refractivity contribution in [1.29, 1.82) is 5.26 Å². The molecule has 14 heteroatoms. The highest BCUT2D eigenvalue weighted by molar-refractivity contribution is 5.86. The summed E-state index contributed by atoms with van der Waals surface area (Å²) in [5.74, 6) is 3.63. The standard InChI is InChI=1S/C51H50N10O4/c1-34-7-6-24-54-47(34)29-55-49-39(28-52)25-40(59(30-35-8-16-41(62-2)17-9-35)31-36-10-18-42(63-3)19-11-36)26-45(49)46-27-48-57-50(53)58-61(48)51(56-46)60(32-37-12-20-43(64-4)21-13-37)33-38-14-22-44(65-5)23-15-38/h6-27,55H,29-33H2,1-5H3,(H2,53,58). The second-order valence-corrected chi connectivity index (χ2v) is 15.4. The molecule has 0 saturated carbocycles. The van der Waals surface area contributed by atoms with Crippen molar-refractivity contribution >= 4 is 28.9 Å². The molecule has 14 nitrogen and oxygen atoms in total. The monoisotopic (exact) mass is 866 g/mol. The molecule has 0 aliphatic heterocycles. The van der Waals surface area contributed by atoms with Crippen LogP contribution in [-0.4, -0.2) is 53.0 Å². The van der Waals surface area contributed by atoms with Gasteiger partial charge >= 0.3 is 0 Å². The molecule has 0 aliphatic rings. The van der Waals surface area contributed by atoms with Gasteiger partial charge in [-0.05, 0) is 101 Å². The number of ether oxygens (including phenoxy) is 4. The van der Waals surface area contributed by atoms with Crippen molar-refractivity contribution in [3.63, 3.8) is 0 Å². The number of nitriles is 1. The summed E-state index contributed by atoms with van der Waals surface area (Å²) in [6.07, 6.45) is 1.77. The number of nitrogens with zero attached hydrogens (tertiary/aromatic N) is 8. The second kappa shape index (κ2) is 19.8. The van der Waals surface area contributed by atoms with E-state index in [1.165, 1.54) is 0 Å². The van der Waals surface area contributed by atoms with Crippen LogP contribution in [0.1, 0.15) is 39.1 Å². The van der Waals surface area contributed by atoms with Gasteiger partial charge in [-0.25, -0.2) is 4.98 Å². The van der Waals surface area contributed by atoms with E-state index in [4.69, 9.17) is 29.7 Å². The number of nitrogens with two attached hydrogens (primary N) is 1. The largest absolute Gasteiger partial charge is 0.497 e. The van der Waals surface area contributed by atoms with E-state index in [1.807, 2.05) is 104 Å². The van der Waals surface area contributed by atoms with Gasteiger partial charge in [0, 0.05) is 49.7 Å². The number of hydrogen-bond donors (Lipinski definition) is 2. The first-order chi connectivity index (χ1) is 31.7. The van der Waals surface area contributed by atoms with Crippen molar-refractivity contribution in [3.05, 3.63) is 173 Å². The molecule has 0 fully saturated rings. The lowest BCUT2D eigenvalue weighted by Crippen LogP contribution is -2.26. The van der Waals surface area contributed by atoms with Gasteiger partial charge in [0.1, 0.15) is 29.1 Å². The molecule has 3 heterocycles. The van der Waals surface area contributed by atoms with Gasteiger partial charge in [0.25, 0.3) is 0 Å². The lowest BCUT2D eigenvalue weighted by atomic mass is 10.0. The quantitative estimate of drug-likeness (QED) is 0.0842. The van der Waals surface area contributed by atoms with Gasteiger partial charge in [0.15, 0.2) is 5.65 Å². The fraction of sp³-hybridized carbons (Fsp3) is 0.196. The van der Waals surface area contributed by atoms with E-state index in [9.17, 15) is 5.26 Å². The second-order valence-electron chi connectivity index (χ2n) is 15.4. The summed E-state index contributed by atoms with van der Waals surface area (Å²) >= 11 is 0. The summed E-state index contributed by atoms with van der Waals surface area (Å²) in [5.41, 5.74) is 15.9. The summed E-state index contributed by atoms with van der Waals surface area (Å²) in [6, 6.07) is 44.2. The van der Waals surface area contributed by atoms with Crippen LogP contribution in [0.15, 0.2) is 134 Å². The van der Waals surface area contributed by atoms with Crippen LogP contribution in [-0.2, 0) is 32.7 Å². The van der Waals surface area contributed by atoms with E-state index in [2.05, 4.69) is 66.6 Å². The predicted molar refractivity (Wildman–Crippen MR) is 253 cm³/mol. The maximum Gasteiger partial charge on any atom is 0.240 e. The Bertz CT molecular complexity index is 2820. The predicted octanol–water partition coefficient (Wildman–Crippen LogP) is 9.01. The molecule has 0 aliphatic carbocycles. The first kappa shape index (κ1) is 43.3. The van der Waals surface area contributed by atoms with E-state index in [0.29, 0.717) is 66.8 Å². The number of fused-ring (bicyclic) bond motifs is 1. The van der Waals surface area contributed by atoms with Crippen LogP contribution in [0.5, 0.6) is 23.0 Å². The Balaban J connectivity index is 1.31. The minimum absolute atomic E-state index is 0.0969. The number of pyridine rings is 1. The van der Waals surface area contributed by atoms with Crippen LogP contribution in [0.25, 0.3) is 16.9 Å². The Labute approximate surface area is 378 Å². The lowest BCUT2D eigenvalue weighted by Gasteiger charge is -2.28. The maximum atomic E-state index is 11.0. The van der Waals surface area contributed by atoms with Gasteiger partial charge in [0.2, 0.25) is 11.9 Å². The van der Waals surface area contributed by atoms with Crippen LogP contribution >= 0.6 is 0 Å². The number of benzene rings is 5. The third kappa shape index (κ3) is 10.2. The molecule has 3 aromatic heterocycles. The van der Waals surface area contributed by atoms with Gasteiger partial charge < -0.3 is 39.8 Å². The van der Waals surface area contributed by atoms with Crippen LogP contribution in [0.4, 0.5) is 23.3 Å². The molecule has 3 N–H and O–H groups in total. The van der Waals surface area contributed by atoms with Crippen molar-refractivity contribution < 1.29 is 18.9 Å². The highest BCUT2D eigenvalue weighted by Crippen LogP contribution is 2.38. The fourth-order valence-corrected chi connectivity index (χ4v) is 7.64. The molecule has 65 heavy (non-hydrogen) atoms. The number of aromatic nitrogens is 5. The Hall–Kier alpha value is -8.31. The molecule has 0 amide bonds. The van der Waals surface area contributed by atoms with Gasteiger partial charge in [-0.3, -0.25) is 4.98 Å². The van der Waals surface area contributed by atoms with E-state index in [-0.39, 0.29) is 5.95 Å². The third-order valence-electron chi connectivity index (χ3n) is 11.2. The number of hydrogen-bond acceptors (Lipinski definition) is 13. The van der Waals surface area contributed by atoms with E-state index in [1.54, 1.807) is 39.2 Å². The minimum atomic E-state index is 0.0969. The first-order valence-corrected chi connectivity index (χ1v) is 21.0. The zero-order valence-electron chi connectivity index (χ0n) is 37.0. The van der Waals surface area contributed by atoms with Crippen LogP contribution in [0.2, 0.25) is 0 Å². The Morgan fingerprint density at radius 2 is 1.14 bits per heavy atom. The summed E-state index contributed by atoms with van der Waals surface area (Å²) in [5, 5.41) is 19.3. The number of aryl methyl sites for hydroxylation is 1. The Kier molecular flexibility index (Phi) is 13.2. The minimum Gasteiger partial charge on any atom is -0.497 e. The molecule has 328 valence electrons. The van der Waals surface area contributed by atoms with Crippen molar-refractivity contribution in [2.24, 2.45) is 0 Å². The van der Waals surface area contributed by atoms with Gasteiger partial charge in [0.05, 0.1) is 57.6 Å². The molecule has 5 aromatic carbocycles. The normalized spacial score (nSPS) is 10.9. The number of anilines is 4.